The first-order chi connectivity index (χ1) is 7.11. The summed E-state index contributed by atoms with van der Waals surface area (Å²) >= 11 is 3.29. The average molecular weight is 274 g/mol. The Hall–Kier alpha value is -1.23. The van der Waals surface area contributed by atoms with Gasteiger partial charge < -0.3 is 15.2 Å². The van der Waals surface area contributed by atoms with E-state index in [4.69, 9.17) is 10.5 Å². The quantitative estimate of drug-likeness (QED) is 0.678. The molecule has 0 radical (unpaired) electrons. The van der Waals surface area contributed by atoms with Gasteiger partial charge in [-0.3, -0.25) is 0 Å². The third kappa shape index (κ3) is 2.41. The van der Waals surface area contributed by atoms with Crippen molar-refractivity contribution in [3.05, 3.63) is 22.2 Å². The van der Waals surface area contributed by atoms with Crippen molar-refractivity contribution in [1.82, 2.24) is 0 Å². The summed E-state index contributed by atoms with van der Waals surface area (Å²) in [5, 5.41) is 0. The Morgan fingerprint density at radius 3 is 2.73 bits per heavy atom. The minimum absolute atomic E-state index is 0.258. The third-order valence-corrected chi connectivity index (χ3v) is 2.44. The van der Waals surface area contributed by atoms with Crippen LogP contribution in [-0.2, 0) is 4.74 Å². The van der Waals surface area contributed by atoms with Crippen LogP contribution in [0.3, 0.4) is 0 Å². The van der Waals surface area contributed by atoms with E-state index < -0.39 is 5.97 Å². The first-order valence-electron chi connectivity index (χ1n) is 4.40. The molecule has 0 spiro atoms. The van der Waals surface area contributed by atoms with Crippen molar-refractivity contribution < 1.29 is 14.3 Å². The predicted molar refractivity (Wildman–Crippen MR) is 61.1 cm³/mol. The summed E-state index contributed by atoms with van der Waals surface area (Å²) in [6.07, 6.45) is 0. The van der Waals surface area contributed by atoms with Crippen molar-refractivity contribution >= 4 is 27.6 Å². The van der Waals surface area contributed by atoms with E-state index in [9.17, 15) is 4.79 Å². The van der Waals surface area contributed by atoms with Crippen molar-refractivity contribution in [3.63, 3.8) is 0 Å². The van der Waals surface area contributed by atoms with Crippen LogP contribution in [0.25, 0.3) is 0 Å². The molecule has 2 N–H and O–H groups in total. The number of carbonyl (C=O) groups is 1. The largest absolute Gasteiger partial charge is 0.492 e. The highest BCUT2D eigenvalue weighted by atomic mass is 79.9. The Morgan fingerprint density at radius 1 is 1.53 bits per heavy atom. The first kappa shape index (κ1) is 11.8. The number of halogens is 1. The van der Waals surface area contributed by atoms with E-state index in [1.54, 1.807) is 12.1 Å². The summed E-state index contributed by atoms with van der Waals surface area (Å²) in [7, 11) is 1.30. The van der Waals surface area contributed by atoms with Gasteiger partial charge in [0.05, 0.1) is 18.2 Å². The number of rotatable bonds is 3. The molecule has 0 aromatic heterocycles. The topological polar surface area (TPSA) is 61.5 Å². The number of hydrogen-bond acceptors (Lipinski definition) is 4. The zero-order chi connectivity index (χ0) is 11.4. The molecular weight excluding hydrogens is 262 g/mol. The van der Waals surface area contributed by atoms with Crippen LogP contribution in [0, 0.1) is 0 Å². The van der Waals surface area contributed by atoms with Gasteiger partial charge in [-0.2, -0.15) is 0 Å². The number of methoxy groups -OCH3 is 1. The van der Waals surface area contributed by atoms with Gasteiger partial charge in [-0.25, -0.2) is 4.79 Å². The van der Waals surface area contributed by atoms with E-state index in [2.05, 4.69) is 20.7 Å². The summed E-state index contributed by atoms with van der Waals surface area (Å²) < 4.78 is 10.7. The van der Waals surface area contributed by atoms with Crippen LogP contribution in [0.2, 0.25) is 0 Å². The Balaban J connectivity index is 3.31. The van der Waals surface area contributed by atoms with Crippen LogP contribution in [-0.4, -0.2) is 19.7 Å². The van der Waals surface area contributed by atoms with Gasteiger partial charge in [0.15, 0.2) is 0 Å². The molecule has 1 aromatic rings. The van der Waals surface area contributed by atoms with E-state index in [0.29, 0.717) is 22.5 Å². The SMILES string of the molecule is CCOc1c(Br)ccc(N)c1C(=O)OC. The standard InChI is InChI=1S/C10H12BrNO3/c1-3-15-9-6(11)4-5-7(12)8(9)10(13)14-2/h4-5H,3,12H2,1-2H3. The van der Waals surface area contributed by atoms with E-state index >= 15 is 0 Å². The number of ether oxygens (including phenoxy) is 2. The fraction of sp³-hybridized carbons (Fsp3) is 0.300. The third-order valence-electron chi connectivity index (χ3n) is 1.82. The molecule has 0 saturated carbocycles. The van der Waals surface area contributed by atoms with Gasteiger partial charge in [-0.05, 0) is 35.0 Å². The molecule has 0 fully saturated rings. The molecule has 0 heterocycles. The summed E-state index contributed by atoms with van der Waals surface area (Å²) in [6, 6.07) is 3.35. The molecule has 0 atom stereocenters. The molecule has 0 aliphatic rings. The zero-order valence-corrected chi connectivity index (χ0v) is 10.1. The molecule has 1 aromatic carbocycles. The monoisotopic (exact) mass is 273 g/mol. The van der Waals surface area contributed by atoms with Crippen LogP contribution in [0.5, 0.6) is 5.75 Å². The molecule has 0 aliphatic heterocycles. The van der Waals surface area contributed by atoms with Gasteiger partial charge in [-0.1, -0.05) is 0 Å². The molecule has 0 saturated heterocycles. The van der Waals surface area contributed by atoms with E-state index in [0.717, 1.165) is 0 Å². The van der Waals surface area contributed by atoms with Crippen LogP contribution < -0.4 is 10.5 Å². The van der Waals surface area contributed by atoms with Gasteiger partial charge >= 0.3 is 5.97 Å². The Kier molecular flexibility index (Phi) is 3.96. The number of hydrogen-bond donors (Lipinski definition) is 1. The maximum absolute atomic E-state index is 11.5. The van der Waals surface area contributed by atoms with Gasteiger partial charge in [0.1, 0.15) is 11.3 Å². The number of anilines is 1. The van der Waals surface area contributed by atoms with Crippen LogP contribution in [0.15, 0.2) is 16.6 Å². The van der Waals surface area contributed by atoms with Crippen molar-refractivity contribution in [3.8, 4) is 5.75 Å². The lowest BCUT2D eigenvalue weighted by Crippen LogP contribution is -2.09. The Morgan fingerprint density at radius 2 is 2.20 bits per heavy atom. The first-order valence-corrected chi connectivity index (χ1v) is 5.20. The minimum atomic E-state index is -0.503. The second-order valence-corrected chi connectivity index (χ2v) is 3.62. The van der Waals surface area contributed by atoms with E-state index in [1.165, 1.54) is 7.11 Å². The fourth-order valence-electron chi connectivity index (χ4n) is 1.17. The molecule has 0 aliphatic carbocycles. The molecule has 4 nitrogen and oxygen atoms in total. The number of carbonyl (C=O) groups excluding carboxylic acids is 1. The maximum atomic E-state index is 11.5. The van der Waals surface area contributed by atoms with Crippen LogP contribution in [0.1, 0.15) is 17.3 Å². The molecule has 5 heteroatoms. The molecule has 0 bridgehead atoms. The predicted octanol–water partition coefficient (Wildman–Crippen LogP) is 2.22. The van der Waals surface area contributed by atoms with Crippen molar-refractivity contribution in [1.29, 1.82) is 0 Å². The molecular formula is C10H12BrNO3. The second kappa shape index (κ2) is 5.02. The second-order valence-electron chi connectivity index (χ2n) is 2.77. The maximum Gasteiger partial charge on any atom is 0.343 e. The van der Waals surface area contributed by atoms with Crippen LogP contribution in [0.4, 0.5) is 5.69 Å². The highest BCUT2D eigenvalue weighted by Crippen LogP contribution is 2.33. The van der Waals surface area contributed by atoms with Crippen molar-refractivity contribution in [2.75, 3.05) is 19.5 Å². The summed E-state index contributed by atoms with van der Waals surface area (Å²) in [5.74, 6) is -0.0819. The Labute approximate surface area is 96.5 Å². The minimum Gasteiger partial charge on any atom is -0.492 e. The van der Waals surface area contributed by atoms with Gasteiger partial charge in [0, 0.05) is 5.69 Å². The summed E-state index contributed by atoms with van der Waals surface area (Å²) in [6.45, 7) is 2.28. The summed E-state index contributed by atoms with van der Waals surface area (Å²) in [5.41, 5.74) is 6.29. The normalized spacial score (nSPS) is 9.80. The molecule has 15 heavy (non-hydrogen) atoms. The zero-order valence-electron chi connectivity index (χ0n) is 8.54. The lowest BCUT2D eigenvalue weighted by atomic mass is 10.1. The Bertz CT molecular complexity index is 379. The molecule has 0 amide bonds. The van der Waals surface area contributed by atoms with E-state index in [1.807, 2.05) is 6.92 Å². The van der Waals surface area contributed by atoms with Gasteiger partial charge in [0.25, 0.3) is 0 Å². The lowest BCUT2D eigenvalue weighted by Gasteiger charge is -2.12. The van der Waals surface area contributed by atoms with Gasteiger partial charge in [0.2, 0.25) is 0 Å². The highest BCUT2D eigenvalue weighted by Gasteiger charge is 2.19. The number of nitrogen functional groups attached to an aromatic ring is 1. The highest BCUT2D eigenvalue weighted by molar-refractivity contribution is 9.10. The van der Waals surface area contributed by atoms with Crippen molar-refractivity contribution in [2.45, 2.75) is 6.92 Å². The van der Waals surface area contributed by atoms with E-state index in [-0.39, 0.29) is 5.56 Å². The molecule has 82 valence electrons. The number of benzene rings is 1. The van der Waals surface area contributed by atoms with Gasteiger partial charge in [-0.15, -0.1) is 0 Å². The molecule has 0 unspecified atom stereocenters. The average Bonchev–Trinajstić information content (AvgIpc) is 2.23. The fourth-order valence-corrected chi connectivity index (χ4v) is 1.62. The van der Waals surface area contributed by atoms with Crippen molar-refractivity contribution in [2.24, 2.45) is 0 Å². The van der Waals surface area contributed by atoms with Crippen LogP contribution >= 0.6 is 15.9 Å². The lowest BCUT2D eigenvalue weighted by molar-refractivity contribution is 0.0597. The smallest absolute Gasteiger partial charge is 0.343 e. The summed E-state index contributed by atoms with van der Waals surface area (Å²) in [4.78, 5) is 11.5. The molecule has 1 rings (SSSR count). The number of nitrogens with two attached hydrogens (primary N) is 1. The number of esters is 1.